The molecule has 1 aromatic carbocycles. The normalized spacial score (nSPS) is 24.1. The third-order valence-electron chi connectivity index (χ3n) is 6.48. The Balaban J connectivity index is 1.43. The summed E-state index contributed by atoms with van der Waals surface area (Å²) >= 11 is 0. The van der Waals surface area contributed by atoms with Gasteiger partial charge in [0.2, 0.25) is 0 Å². The molecule has 0 spiro atoms. The van der Waals surface area contributed by atoms with Crippen LogP contribution >= 0.6 is 0 Å². The molecule has 0 saturated carbocycles. The Bertz CT molecular complexity index is 1260. The maximum Gasteiger partial charge on any atom is 0.264 e. The quantitative estimate of drug-likeness (QED) is 0.637. The molecule has 2 fully saturated rings. The second-order valence-electron chi connectivity index (χ2n) is 8.57. The van der Waals surface area contributed by atoms with E-state index in [1.807, 2.05) is 0 Å². The maximum absolute atomic E-state index is 14.4. The Kier molecular flexibility index (Phi) is 4.63. The van der Waals surface area contributed by atoms with Gasteiger partial charge in [0.1, 0.15) is 11.6 Å². The zero-order valence-electron chi connectivity index (χ0n) is 17.4. The van der Waals surface area contributed by atoms with Crippen molar-refractivity contribution >= 4 is 16.6 Å². The zero-order valence-corrected chi connectivity index (χ0v) is 17.4. The Morgan fingerprint density at radius 1 is 1.25 bits per heavy atom. The number of aromatic hydroxyl groups is 1. The lowest BCUT2D eigenvalue weighted by Gasteiger charge is -2.35. The van der Waals surface area contributed by atoms with E-state index < -0.39 is 23.3 Å². The molecule has 2 unspecified atom stereocenters. The van der Waals surface area contributed by atoms with Crippen LogP contribution in [0.1, 0.15) is 19.3 Å². The minimum Gasteiger partial charge on any atom is -0.507 e. The third kappa shape index (κ3) is 3.27. The number of halogens is 3. The van der Waals surface area contributed by atoms with Crippen molar-refractivity contribution in [2.24, 2.45) is 7.05 Å². The lowest BCUT2D eigenvalue weighted by Crippen LogP contribution is -2.50. The SMILES string of the molecule is CN(c1cnc(-c2cc3c(F)cn(C)c(=O)c3cc2O)nn1)[C@@H]1CC2CC(F)(F)C(C1)N2. The van der Waals surface area contributed by atoms with Gasteiger partial charge in [0.25, 0.3) is 11.5 Å². The van der Waals surface area contributed by atoms with E-state index in [0.29, 0.717) is 12.2 Å². The predicted molar refractivity (Wildman–Crippen MR) is 111 cm³/mol. The molecular weight excluding hydrogens is 425 g/mol. The minimum atomic E-state index is -2.71. The summed E-state index contributed by atoms with van der Waals surface area (Å²) in [6.45, 7) is 0. The Morgan fingerprint density at radius 3 is 2.72 bits per heavy atom. The van der Waals surface area contributed by atoms with Gasteiger partial charge >= 0.3 is 0 Å². The molecule has 3 aromatic rings. The van der Waals surface area contributed by atoms with Crippen LogP contribution in [-0.2, 0) is 7.05 Å². The van der Waals surface area contributed by atoms with E-state index in [4.69, 9.17) is 0 Å². The van der Waals surface area contributed by atoms with Crippen LogP contribution in [0.15, 0.2) is 29.3 Å². The molecule has 5 rings (SSSR count). The van der Waals surface area contributed by atoms with Gasteiger partial charge in [-0.15, -0.1) is 10.2 Å². The second-order valence-corrected chi connectivity index (χ2v) is 8.57. The molecular formula is C21H21F3N6O2. The van der Waals surface area contributed by atoms with E-state index in [-0.39, 0.29) is 52.8 Å². The first-order valence-corrected chi connectivity index (χ1v) is 10.2. The second kappa shape index (κ2) is 7.16. The number of phenols is 1. The van der Waals surface area contributed by atoms with Crippen LogP contribution in [0.2, 0.25) is 0 Å². The van der Waals surface area contributed by atoms with Gasteiger partial charge in [-0.2, -0.15) is 0 Å². The van der Waals surface area contributed by atoms with Gasteiger partial charge in [-0.1, -0.05) is 0 Å². The first kappa shape index (κ1) is 20.7. The fourth-order valence-corrected chi connectivity index (χ4v) is 4.71. The topological polar surface area (TPSA) is 96.2 Å². The number of fused-ring (bicyclic) bond motifs is 3. The van der Waals surface area contributed by atoms with Crippen molar-refractivity contribution in [1.82, 2.24) is 25.1 Å². The molecule has 2 aromatic heterocycles. The van der Waals surface area contributed by atoms with Crippen molar-refractivity contribution in [3.63, 3.8) is 0 Å². The Labute approximate surface area is 180 Å². The molecule has 2 aliphatic heterocycles. The number of aromatic nitrogens is 4. The monoisotopic (exact) mass is 446 g/mol. The van der Waals surface area contributed by atoms with Crippen molar-refractivity contribution in [3.8, 4) is 17.1 Å². The molecule has 32 heavy (non-hydrogen) atoms. The van der Waals surface area contributed by atoms with Crippen molar-refractivity contribution in [3.05, 3.63) is 40.7 Å². The van der Waals surface area contributed by atoms with Crippen molar-refractivity contribution in [1.29, 1.82) is 0 Å². The highest BCUT2D eigenvalue weighted by molar-refractivity contribution is 5.89. The van der Waals surface area contributed by atoms with Crippen LogP contribution in [0.3, 0.4) is 0 Å². The van der Waals surface area contributed by atoms with E-state index >= 15 is 0 Å². The summed E-state index contributed by atoms with van der Waals surface area (Å²) in [6, 6.07) is 1.26. The average molecular weight is 446 g/mol. The number of phenolic OH excluding ortho intramolecular Hbond substituents is 1. The number of pyridine rings is 1. The molecule has 2 saturated heterocycles. The van der Waals surface area contributed by atoms with Crippen LogP contribution < -0.4 is 15.8 Å². The number of piperidine rings is 1. The van der Waals surface area contributed by atoms with Gasteiger partial charge in [-0.25, -0.2) is 18.2 Å². The van der Waals surface area contributed by atoms with E-state index in [0.717, 1.165) is 10.8 Å². The highest BCUT2D eigenvalue weighted by Crippen LogP contribution is 2.40. The van der Waals surface area contributed by atoms with Gasteiger partial charge in [0.05, 0.1) is 23.2 Å². The number of nitrogens with one attached hydrogen (secondary N) is 1. The molecule has 2 bridgehead atoms. The highest BCUT2D eigenvalue weighted by atomic mass is 19.3. The lowest BCUT2D eigenvalue weighted by atomic mass is 9.98. The molecule has 0 amide bonds. The van der Waals surface area contributed by atoms with Crippen LogP contribution in [0, 0.1) is 5.82 Å². The van der Waals surface area contributed by atoms with Crippen LogP contribution in [0.5, 0.6) is 5.75 Å². The summed E-state index contributed by atoms with van der Waals surface area (Å²) in [7, 11) is 3.19. The molecule has 0 aliphatic carbocycles. The highest BCUT2D eigenvalue weighted by Gasteiger charge is 2.53. The third-order valence-corrected chi connectivity index (χ3v) is 6.48. The molecule has 4 heterocycles. The summed E-state index contributed by atoms with van der Waals surface area (Å²) in [6.07, 6.45) is 3.19. The van der Waals surface area contributed by atoms with E-state index in [1.54, 1.807) is 11.9 Å². The number of anilines is 1. The minimum absolute atomic E-state index is 0.0374. The van der Waals surface area contributed by atoms with Crippen LogP contribution in [0.25, 0.3) is 22.2 Å². The summed E-state index contributed by atoms with van der Waals surface area (Å²) in [4.78, 5) is 18.3. The largest absolute Gasteiger partial charge is 0.507 e. The van der Waals surface area contributed by atoms with Gasteiger partial charge < -0.3 is 19.9 Å². The first-order valence-electron chi connectivity index (χ1n) is 10.2. The number of hydrogen-bond acceptors (Lipinski definition) is 7. The summed E-state index contributed by atoms with van der Waals surface area (Å²) in [5, 5.41) is 21.6. The molecule has 3 atom stereocenters. The van der Waals surface area contributed by atoms with Crippen LogP contribution in [-0.4, -0.2) is 56.0 Å². The number of rotatable bonds is 3. The summed E-state index contributed by atoms with van der Waals surface area (Å²) < 4.78 is 43.5. The molecule has 11 heteroatoms. The molecule has 2 aliphatic rings. The number of nitrogens with zero attached hydrogens (tertiary/aromatic N) is 5. The first-order chi connectivity index (χ1) is 15.1. The predicted octanol–water partition coefficient (Wildman–Crippen LogP) is 2.20. The number of aryl methyl sites for hydroxylation is 1. The lowest BCUT2D eigenvalue weighted by molar-refractivity contribution is -0.0128. The standard InChI is InChI=1S/C21H21F3N6O2/c1-29-9-15(22)12-5-14(16(31)6-13(12)20(29)32)19-25-8-18(27-28-19)30(2)11-3-10-7-21(23,24)17(4-11)26-10/h5-6,8-11,17,26,31H,3-4,7H2,1-2H3/t10?,11-,17?/m1/s1. The fourth-order valence-electron chi connectivity index (χ4n) is 4.71. The van der Waals surface area contributed by atoms with E-state index in [1.165, 1.54) is 25.4 Å². The Hall–Kier alpha value is -3.21. The van der Waals surface area contributed by atoms with E-state index in [2.05, 4.69) is 20.5 Å². The summed E-state index contributed by atoms with van der Waals surface area (Å²) in [5.74, 6) is -3.15. The van der Waals surface area contributed by atoms with Crippen LogP contribution in [0.4, 0.5) is 19.0 Å². The number of benzene rings is 1. The zero-order chi connectivity index (χ0) is 22.8. The molecule has 8 nitrogen and oxygen atoms in total. The van der Waals surface area contributed by atoms with E-state index in [9.17, 15) is 23.1 Å². The number of alkyl halides is 2. The van der Waals surface area contributed by atoms with Crippen molar-refractivity contribution < 1.29 is 18.3 Å². The smallest absolute Gasteiger partial charge is 0.264 e. The number of hydrogen-bond donors (Lipinski definition) is 2. The molecule has 168 valence electrons. The fraction of sp³-hybridized carbons (Fsp3) is 0.429. The summed E-state index contributed by atoms with van der Waals surface area (Å²) in [5.41, 5.74) is -0.313. The van der Waals surface area contributed by atoms with Gasteiger partial charge in [0.15, 0.2) is 11.6 Å². The molecule has 0 radical (unpaired) electrons. The van der Waals surface area contributed by atoms with Gasteiger partial charge in [0, 0.05) is 44.2 Å². The molecule has 2 N–H and O–H groups in total. The maximum atomic E-state index is 14.4. The average Bonchev–Trinajstić information content (AvgIpc) is 2.97. The van der Waals surface area contributed by atoms with Crippen molar-refractivity contribution in [2.75, 3.05) is 11.9 Å². The van der Waals surface area contributed by atoms with Gasteiger partial charge in [-0.05, 0) is 25.0 Å². The van der Waals surface area contributed by atoms with Crippen molar-refractivity contribution in [2.45, 2.75) is 43.3 Å². The van der Waals surface area contributed by atoms with Gasteiger partial charge in [-0.3, -0.25) is 4.79 Å². The Morgan fingerprint density at radius 2 is 2.03 bits per heavy atom.